The normalized spacial score (nSPS) is 8.82. The number of hydrogen-bond acceptors (Lipinski definition) is 2. The van der Waals surface area contributed by atoms with Gasteiger partial charge in [-0.25, -0.2) is 0 Å². The summed E-state index contributed by atoms with van der Waals surface area (Å²) in [5.74, 6) is 0.710. The summed E-state index contributed by atoms with van der Waals surface area (Å²) in [6.07, 6.45) is 0. The van der Waals surface area contributed by atoms with Gasteiger partial charge in [-0.1, -0.05) is 0 Å². The fourth-order valence-corrected chi connectivity index (χ4v) is 1.25. The molecule has 0 aliphatic rings. The monoisotopic (exact) mass is 498 g/mol. The number of hydrogen-bond donors (Lipinski definition) is 0. The maximum atomic E-state index is 11.6. The predicted molar refractivity (Wildman–Crippen MR) is 83.8 cm³/mol. The second kappa shape index (κ2) is 9.46. The number of carbonyl (C=O) groups excluding carboxylic acids is 1. The molecular weight excluding hydrogens is 483 g/mol. The molecule has 6 heteroatoms. The van der Waals surface area contributed by atoms with Crippen LogP contribution in [-0.4, -0.2) is 32.0 Å². The molecule has 0 saturated heterocycles. The molecule has 1 aromatic rings. The Morgan fingerprint density at radius 1 is 1.29 bits per heavy atom. The number of nitrogens with zero attached hydrogens (tertiary/aromatic N) is 1. The van der Waals surface area contributed by atoms with Crippen molar-refractivity contribution in [1.29, 1.82) is 0 Å². The Kier molecular flexibility index (Phi) is 9.76. The molecule has 95 valence electrons. The van der Waals surface area contributed by atoms with Crippen molar-refractivity contribution in [2.45, 2.75) is 6.92 Å². The molecule has 0 aliphatic carbocycles. The average Bonchev–Trinajstić information content (AvgIpc) is 2.28. The summed E-state index contributed by atoms with van der Waals surface area (Å²) in [4.78, 5) is 13.2. The molecule has 0 heterocycles. The molecule has 0 saturated carbocycles. The number of rotatable bonds is 2. The van der Waals surface area contributed by atoms with E-state index in [0.29, 0.717) is 15.0 Å². The van der Waals surface area contributed by atoms with Gasteiger partial charge < -0.3 is 9.64 Å². The first-order chi connectivity index (χ1) is 7.96. The average molecular weight is 498 g/mol. The van der Waals surface area contributed by atoms with Crippen molar-refractivity contribution < 1.29 is 19.0 Å². The van der Waals surface area contributed by atoms with Crippen molar-refractivity contribution in [2.24, 2.45) is 0 Å². The predicted octanol–water partition coefficient (Wildman–Crippen LogP) is 3.47. The zero-order valence-corrected chi connectivity index (χ0v) is 15.9. The summed E-state index contributed by atoms with van der Waals surface area (Å²) < 4.78 is 5.09. The fraction of sp³-hybridized carbons (Fsp3) is 0.364. The van der Waals surface area contributed by atoms with Gasteiger partial charge in [0.1, 0.15) is 5.75 Å². The van der Waals surface area contributed by atoms with Crippen LogP contribution in [0, 0.1) is 6.92 Å². The van der Waals surface area contributed by atoms with Crippen LogP contribution in [0.3, 0.4) is 0 Å². The van der Waals surface area contributed by atoms with E-state index in [1.165, 1.54) is 0 Å². The molecule has 0 N–H and O–H groups in total. The second-order valence-corrected chi connectivity index (χ2v) is 15.3. The van der Waals surface area contributed by atoms with E-state index < -0.39 is 0 Å². The first-order valence-electron chi connectivity index (χ1n) is 4.75. The molecule has 0 aromatic heterocycles. The minimum atomic E-state index is -0.00741. The van der Waals surface area contributed by atoms with Crippen molar-refractivity contribution >= 4 is 45.9 Å². The van der Waals surface area contributed by atoms with E-state index in [2.05, 4.69) is 40.0 Å². The molecule has 0 aliphatic heterocycles. The molecule has 17 heavy (non-hydrogen) atoms. The zero-order chi connectivity index (χ0) is 13.4. The second-order valence-electron chi connectivity index (χ2n) is 3.50. The van der Waals surface area contributed by atoms with Gasteiger partial charge in [0, 0.05) is 19.7 Å². The molecule has 1 aromatic carbocycles. The molecule has 0 radical (unpaired) electrons. The Morgan fingerprint density at radius 2 is 1.82 bits per heavy atom. The Balaban J connectivity index is 0.000000770. The zero-order valence-electron chi connectivity index (χ0n) is 10.2. The number of benzene rings is 1. The summed E-state index contributed by atoms with van der Waals surface area (Å²) in [5.41, 5.74) is 1.68. The molecule has 0 bridgehead atoms. The van der Waals surface area contributed by atoms with Gasteiger partial charge in [0.2, 0.25) is 0 Å². The third-order valence-corrected chi connectivity index (χ3v) is 1.94. The maximum absolute atomic E-state index is 11.6. The Bertz CT molecular complexity index is 372. The Labute approximate surface area is 132 Å². The van der Waals surface area contributed by atoms with Gasteiger partial charge in [-0.3, -0.25) is 4.79 Å². The van der Waals surface area contributed by atoms with Crippen LogP contribution in [-0.2, 0) is 9.47 Å². The van der Waals surface area contributed by atoms with Crippen LogP contribution in [0.2, 0.25) is 0 Å². The van der Waals surface area contributed by atoms with Gasteiger partial charge in [0.05, 0.1) is 7.11 Å². The van der Waals surface area contributed by atoms with Crippen molar-refractivity contribution in [2.75, 3.05) is 21.2 Å². The topological polar surface area (TPSA) is 29.5 Å². The molecular formula is C11H15I2NO2V. The summed E-state index contributed by atoms with van der Waals surface area (Å²) >= 11 is 4.74. The standard InChI is InChI=1S/C11H15NO2.2HI.V/c1-8-5-9(11(13)12(2)3)7-10(6-8)14-4;;;/h5-7H,1-4H3;2*1H;/q;;;+2/p-2. The van der Waals surface area contributed by atoms with E-state index in [9.17, 15) is 4.79 Å². The molecule has 1 rings (SSSR count). The van der Waals surface area contributed by atoms with E-state index in [1.807, 2.05) is 19.1 Å². The molecule has 1 amide bonds. The number of methoxy groups -OCH3 is 1. The van der Waals surface area contributed by atoms with Gasteiger partial charge in [-0.05, 0) is 30.7 Å². The molecule has 0 unspecified atom stereocenters. The molecule has 0 fully saturated rings. The van der Waals surface area contributed by atoms with Crippen molar-refractivity contribution in [3.8, 4) is 5.75 Å². The third kappa shape index (κ3) is 6.88. The van der Waals surface area contributed by atoms with Crippen LogP contribution < -0.4 is 4.74 Å². The van der Waals surface area contributed by atoms with E-state index in [0.717, 1.165) is 11.3 Å². The number of ether oxygens (including phenoxy) is 1. The summed E-state index contributed by atoms with van der Waals surface area (Å²) in [5, 5.41) is 0. The van der Waals surface area contributed by atoms with Crippen LogP contribution in [0.4, 0.5) is 0 Å². The van der Waals surface area contributed by atoms with Crippen molar-refractivity contribution in [3.63, 3.8) is 0 Å². The van der Waals surface area contributed by atoms with Gasteiger partial charge in [0.15, 0.2) is 0 Å². The van der Waals surface area contributed by atoms with Crippen LogP contribution in [0.25, 0.3) is 0 Å². The van der Waals surface area contributed by atoms with Crippen LogP contribution in [0.1, 0.15) is 15.9 Å². The van der Waals surface area contributed by atoms with Gasteiger partial charge in [0.25, 0.3) is 5.91 Å². The van der Waals surface area contributed by atoms with Crippen molar-refractivity contribution in [1.82, 2.24) is 4.90 Å². The summed E-state index contributed by atoms with van der Waals surface area (Å²) in [6.45, 7) is 1.94. The quantitative estimate of drug-likeness (QED) is 0.586. The van der Waals surface area contributed by atoms with Crippen molar-refractivity contribution in [3.05, 3.63) is 29.3 Å². The SMILES string of the molecule is COc1cc(C)cc(C(=O)N(C)C)c1.[I][V][I]. The van der Waals surface area contributed by atoms with Crippen LogP contribution in [0.5, 0.6) is 5.75 Å². The Morgan fingerprint density at radius 3 is 2.24 bits per heavy atom. The molecule has 3 nitrogen and oxygen atoms in total. The number of carbonyl (C=O) groups is 1. The van der Waals surface area contributed by atoms with Crippen LogP contribution in [0.15, 0.2) is 18.2 Å². The van der Waals surface area contributed by atoms with Gasteiger partial charge in [-0.15, -0.1) is 0 Å². The summed E-state index contributed by atoms with van der Waals surface area (Å²) in [7, 11) is 5.69. The van der Waals surface area contributed by atoms with E-state index in [4.69, 9.17) is 4.74 Å². The molecule has 0 spiro atoms. The summed E-state index contributed by atoms with van der Waals surface area (Å²) in [6, 6.07) is 5.49. The number of aryl methyl sites for hydroxylation is 1. The van der Waals surface area contributed by atoms with E-state index in [-0.39, 0.29) is 5.91 Å². The molecule has 0 atom stereocenters. The van der Waals surface area contributed by atoms with Crippen LogP contribution >= 0.6 is 40.0 Å². The third-order valence-electron chi connectivity index (χ3n) is 1.94. The fourth-order valence-electron chi connectivity index (χ4n) is 1.25. The number of amides is 1. The Hall–Kier alpha value is 0.534. The van der Waals surface area contributed by atoms with E-state index in [1.54, 1.807) is 32.2 Å². The van der Waals surface area contributed by atoms with Gasteiger partial charge >= 0.3 is 49.4 Å². The minimum absolute atomic E-state index is 0.00741. The first kappa shape index (κ1) is 17.5. The number of halogens is 2. The van der Waals surface area contributed by atoms with E-state index >= 15 is 0 Å². The van der Waals surface area contributed by atoms with Gasteiger partial charge in [-0.2, -0.15) is 0 Å². The first-order valence-corrected chi connectivity index (χ1v) is 13.8.